The van der Waals surface area contributed by atoms with Crippen molar-refractivity contribution in [3.63, 3.8) is 0 Å². The zero-order valence-corrected chi connectivity index (χ0v) is 17.5. The number of methoxy groups -OCH3 is 1. The molecule has 6 nitrogen and oxygen atoms in total. The van der Waals surface area contributed by atoms with Crippen molar-refractivity contribution in [1.29, 1.82) is 0 Å². The molecule has 0 radical (unpaired) electrons. The zero-order valence-electron chi connectivity index (χ0n) is 16.7. The van der Waals surface area contributed by atoms with Crippen molar-refractivity contribution < 1.29 is 4.74 Å². The molecular formula is C22H23N5OS. The van der Waals surface area contributed by atoms with Gasteiger partial charge in [0, 0.05) is 29.8 Å². The van der Waals surface area contributed by atoms with Crippen LogP contribution in [0.3, 0.4) is 0 Å². The Morgan fingerprint density at radius 3 is 2.69 bits per heavy atom. The summed E-state index contributed by atoms with van der Waals surface area (Å²) in [5.74, 6) is 2.26. The van der Waals surface area contributed by atoms with Crippen LogP contribution in [0.2, 0.25) is 0 Å². The largest absolute Gasteiger partial charge is 0.481 e. The lowest BCUT2D eigenvalue weighted by molar-refractivity contribution is 0.391. The molecule has 3 aromatic heterocycles. The summed E-state index contributed by atoms with van der Waals surface area (Å²) in [6, 6.07) is 14.3. The van der Waals surface area contributed by atoms with E-state index in [0.717, 1.165) is 38.5 Å². The Bertz CT molecular complexity index is 1110. The quantitative estimate of drug-likeness (QED) is 0.491. The second kappa shape index (κ2) is 8.55. The molecule has 4 rings (SSSR count). The molecule has 0 spiro atoms. The summed E-state index contributed by atoms with van der Waals surface area (Å²) in [5.41, 5.74) is 3.39. The number of aromatic nitrogens is 3. The second-order valence-corrected chi connectivity index (χ2v) is 7.84. The maximum Gasteiger partial charge on any atom is 0.213 e. The van der Waals surface area contributed by atoms with E-state index in [2.05, 4.69) is 44.8 Å². The molecule has 0 atom stereocenters. The number of thiophene rings is 1. The minimum Gasteiger partial charge on any atom is -0.481 e. The van der Waals surface area contributed by atoms with Crippen LogP contribution in [0.5, 0.6) is 5.88 Å². The lowest BCUT2D eigenvalue weighted by atomic mass is 10.1. The van der Waals surface area contributed by atoms with E-state index in [0.29, 0.717) is 19.0 Å². The summed E-state index contributed by atoms with van der Waals surface area (Å²) >= 11 is 1.65. The molecule has 0 saturated heterocycles. The van der Waals surface area contributed by atoms with Gasteiger partial charge in [-0.2, -0.15) is 0 Å². The van der Waals surface area contributed by atoms with Gasteiger partial charge in [-0.1, -0.05) is 30.3 Å². The number of rotatable bonds is 7. The first-order valence-electron chi connectivity index (χ1n) is 9.35. The molecule has 1 N–H and O–H groups in total. The van der Waals surface area contributed by atoms with Crippen LogP contribution in [-0.4, -0.2) is 41.1 Å². The minimum absolute atomic E-state index is 0.603. The van der Waals surface area contributed by atoms with Crippen LogP contribution in [0.15, 0.2) is 54.0 Å². The molecule has 0 unspecified atom stereocenters. The van der Waals surface area contributed by atoms with E-state index in [1.54, 1.807) is 24.6 Å². The van der Waals surface area contributed by atoms with Gasteiger partial charge in [-0.25, -0.2) is 15.0 Å². The number of nitrogens with one attached hydrogen (secondary N) is 1. The number of benzene rings is 1. The number of anilines is 1. The van der Waals surface area contributed by atoms with E-state index in [1.807, 2.05) is 32.3 Å². The van der Waals surface area contributed by atoms with Gasteiger partial charge in [0.1, 0.15) is 16.5 Å². The predicted molar refractivity (Wildman–Crippen MR) is 118 cm³/mol. The van der Waals surface area contributed by atoms with Crippen molar-refractivity contribution in [3.8, 4) is 17.0 Å². The fraction of sp³-hybridized carbons (Fsp3) is 0.227. The summed E-state index contributed by atoms with van der Waals surface area (Å²) in [6.45, 7) is 1.31. The third-order valence-corrected chi connectivity index (χ3v) is 5.36. The van der Waals surface area contributed by atoms with E-state index < -0.39 is 0 Å². The Hall–Kier alpha value is -3.03. The Balaban J connectivity index is 1.75. The number of nitrogens with zero attached hydrogens (tertiary/aromatic N) is 4. The van der Waals surface area contributed by atoms with E-state index in [4.69, 9.17) is 14.7 Å². The van der Waals surface area contributed by atoms with Crippen molar-refractivity contribution in [2.45, 2.75) is 13.1 Å². The van der Waals surface area contributed by atoms with Gasteiger partial charge in [0.05, 0.1) is 19.0 Å². The number of fused-ring (bicyclic) bond motifs is 1. The number of pyridine rings is 1. The Labute approximate surface area is 174 Å². The first-order chi connectivity index (χ1) is 14.1. The minimum atomic E-state index is 0.603. The van der Waals surface area contributed by atoms with Crippen molar-refractivity contribution in [2.24, 2.45) is 0 Å². The van der Waals surface area contributed by atoms with Gasteiger partial charge in [-0.15, -0.1) is 11.3 Å². The van der Waals surface area contributed by atoms with Gasteiger partial charge in [0.25, 0.3) is 0 Å². The summed E-state index contributed by atoms with van der Waals surface area (Å²) in [6.07, 6.45) is 1.75. The van der Waals surface area contributed by atoms with Crippen LogP contribution in [0.1, 0.15) is 11.4 Å². The third-order valence-electron chi connectivity index (χ3n) is 4.49. The van der Waals surface area contributed by atoms with E-state index in [-0.39, 0.29) is 0 Å². The average Bonchev–Trinajstić information content (AvgIpc) is 3.16. The van der Waals surface area contributed by atoms with Crippen molar-refractivity contribution in [1.82, 2.24) is 19.9 Å². The lowest BCUT2D eigenvalue weighted by Gasteiger charge is -2.13. The standard InChI is InChI=1S/C22H23N5OS/c1-27(2)13-18-25-21(24-12-15-9-10-23-19(11-15)28-3)20-17(14-29-22(20)26-18)16-7-5-4-6-8-16/h4-11,14H,12-13H2,1-3H3,(H,24,25,26). The number of hydrogen-bond donors (Lipinski definition) is 1. The van der Waals surface area contributed by atoms with Gasteiger partial charge < -0.3 is 15.0 Å². The molecule has 0 amide bonds. The SMILES string of the molecule is COc1cc(CNc2nc(CN(C)C)nc3scc(-c4ccccc4)c23)ccn1. The maximum absolute atomic E-state index is 5.24. The fourth-order valence-corrected chi connectivity index (χ4v) is 4.12. The second-order valence-electron chi connectivity index (χ2n) is 6.98. The first-order valence-corrected chi connectivity index (χ1v) is 10.2. The molecule has 3 heterocycles. The molecule has 29 heavy (non-hydrogen) atoms. The summed E-state index contributed by atoms with van der Waals surface area (Å²) in [7, 11) is 5.67. The third kappa shape index (κ3) is 4.36. The normalized spacial score (nSPS) is 11.2. The number of ether oxygens (including phenoxy) is 1. The highest BCUT2D eigenvalue weighted by Gasteiger charge is 2.16. The van der Waals surface area contributed by atoms with Crippen LogP contribution in [0.4, 0.5) is 5.82 Å². The van der Waals surface area contributed by atoms with E-state index >= 15 is 0 Å². The molecular weight excluding hydrogens is 382 g/mol. The van der Waals surface area contributed by atoms with Gasteiger partial charge >= 0.3 is 0 Å². The Morgan fingerprint density at radius 2 is 1.93 bits per heavy atom. The Morgan fingerprint density at radius 1 is 1.10 bits per heavy atom. The molecule has 0 aliphatic carbocycles. The monoisotopic (exact) mass is 405 g/mol. The molecule has 148 valence electrons. The lowest BCUT2D eigenvalue weighted by Crippen LogP contribution is -2.14. The van der Waals surface area contributed by atoms with E-state index in [9.17, 15) is 0 Å². The van der Waals surface area contributed by atoms with Crippen molar-refractivity contribution >= 4 is 27.4 Å². The molecule has 7 heteroatoms. The summed E-state index contributed by atoms with van der Waals surface area (Å²) < 4.78 is 5.24. The molecule has 0 fully saturated rings. The van der Waals surface area contributed by atoms with Crippen molar-refractivity contribution in [3.05, 3.63) is 65.4 Å². The molecule has 4 aromatic rings. The molecule has 0 saturated carbocycles. The molecule has 0 aliphatic heterocycles. The highest BCUT2D eigenvalue weighted by atomic mass is 32.1. The smallest absolute Gasteiger partial charge is 0.213 e. The molecule has 1 aromatic carbocycles. The van der Waals surface area contributed by atoms with E-state index in [1.165, 1.54) is 0 Å². The van der Waals surface area contributed by atoms with Crippen molar-refractivity contribution in [2.75, 3.05) is 26.5 Å². The summed E-state index contributed by atoms with van der Waals surface area (Å²) in [4.78, 5) is 16.9. The zero-order chi connectivity index (χ0) is 20.2. The van der Waals surface area contributed by atoms with Crippen LogP contribution >= 0.6 is 11.3 Å². The van der Waals surface area contributed by atoms with Gasteiger partial charge in [0.15, 0.2) is 0 Å². The first kappa shape index (κ1) is 19.3. The fourth-order valence-electron chi connectivity index (χ4n) is 3.16. The highest BCUT2D eigenvalue weighted by Crippen LogP contribution is 2.37. The average molecular weight is 406 g/mol. The highest BCUT2D eigenvalue weighted by molar-refractivity contribution is 7.17. The molecule has 0 bridgehead atoms. The number of hydrogen-bond acceptors (Lipinski definition) is 7. The van der Waals surface area contributed by atoms with Crippen LogP contribution in [-0.2, 0) is 13.1 Å². The predicted octanol–water partition coefficient (Wildman–Crippen LogP) is 4.44. The van der Waals surface area contributed by atoms with Crippen LogP contribution < -0.4 is 10.1 Å². The topological polar surface area (TPSA) is 63.2 Å². The van der Waals surface area contributed by atoms with Crippen LogP contribution in [0, 0.1) is 0 Å². The summed E-state index contributed by atoms with van der Waals surface area (Å²) in [5, 5.41) is 6.74. The van der Waals surface area contributed by atoms with Gasteiger partial charge in [0.2, 0.25) is 5.88 Å². The van der Waals surface area contributed by atoms with Crippen LogP contribution in [0.25, 0.3) is 21.3 Å². The maximum atomic E-state index is 5.24. The van der Waals surface area contributed by atoms with Gasteiger partial charge in [-0.05, 0) is 31.3 Å². The Kier molecular flexibility index (Phi) is 5.69. The molecule has 0 aliphatic rings. The van der Waals surface area contributed by atoms with Gasteiger partial charge in [-0.3, -0.25) is 0 Å².